The number of benzene rings is 3. The Bertz CT molecular complexity index is 1310. The fourth-order valence-corrected chi connectivity index (χ4v) is 3.62. The normalized spacial score (nSPS) is 12.2. The Hall–Kier alpha value is -3.20. The zero-order valence-corrected chi connectivity index (χ0v) is 16.6. The first-order valence-corrected chi connectivity index (χ1v) is 10.4. The second kappa shape index (κ2) is 8.66. The van der Waals surface area contributed by atoms with E-state index in [0.29, 0.717) is 35.1 Å². The molecule has 0 radical (unpaired) electrons. The van der Waals surface area contributed by atoms with E-state index in [-0.39, 0.29) is 5.56 Å². The van der Waals surface area contributed by atoms with Crippen molar-refractivity contribution >= 4 is 22.0 Å². The topological polar surface area (TPSA) is 84.2 Å². The maximum absolute atomic E-state index is 13.8. The summed E-state index contributed by atoms with van der Waals surface area (Å²) in [6, 6.07) is 20.5. The Morgan fingerprint density at radius 3 is 2.53 bits per heavy atom. The molecule has 0 saturated carbocycles. The summed E-state index contributed by atoms with van der Waals surface area (Å²) in [4.78, 5) is 13.0. The molecule has 6 nitrogen and oxygen atoms in total. The standard InChI is InChI=1S/C22H18FN3O3S/c23-17-7-4-8-18(14-17)26-22(27)20-10-2-1-9-19(20)21(25-26)16-6-3-5-15(13-16)11-12-24-30(28)29/h1-10,13-14,24H,11-12H2,(H,28,29). The average Bonchev–Trinajstić information content (AvgIpc) is 2.74. The zero-order chi connectivity index (χ0) is 21.1. The lowest BCUT2D eigenvalue weighted by molar-refractivity contribution is 0.549. The van der Waals surface area contributed by atoms with Gasteiger partial charge in [0.2, 0.25) is 11.3 Å². The highest BCUT2D eigenvalue weighted by Gasteiger charge is 2.14. The predicted octanol–water partition coefficient (Wildman–Crippen LogP) is 3.46. The quantitative estimate of drug-likeness (QED) is 0.465. The van der Waals surface area contributed by atoms with E-state index in [1.807, 2.05) is 36.4 Å². The van der Waals surface area contributed by atoms with E-state index < -0.39 is 17.1 Å². The summed E-state index contributed by atoms with van der Waals surface area (Å²) in [5.74, 6) is -0.452. The van der Waals surface area contributed by atoms with E-state index >= 15 is 0 Å². The Morgan fingerprint density at radius 1 is 1.00 bits per heavy atom. The summed E-state index contributed by atoms with van der Waals surface area (Å²) in [6.07, 6.45) is 0.543. The van der Waals surface area contributed by atoms with Crippen LogP contribution in [-0.2, 0) is 17.7 Å². The largest absolute Gasteiger partial charge is 0.294 e. The number of hydrogen-bond donors (Lipinski definition) is 2. The molecule has 4 rings (SSSR count). The minimum absolute atomic E-state index is 0.328. The van der Waals surface area contributed by atoms with E-state index in [1.54, 1.807) is 18.2 Å². The molecule has 2 N–H and O–H groups in total. The van der Waals surface area contributed by atoms with Gasteiger partial charge < -0.3 is 0 Å². The molecule has 1 unspecified atom stereocenters. The van der Waals surface area contributed by atoms with Gasteiger partial charge in [-0.1, -0.05) is 42.5 Å². The molecular weight excluding hydrogens is 405 g/mol. The van der Waals surface area contributed by atoms with Gasteiger partial charge in [0, 0.05) is 17.5 Å². The van der Waals surface area contributed by atoms with Crippen LogP contribution in [0.5, 0.6) is 0 Å². The van der Waals surface area contributed by atoms with Crippen molar-refractivity contribution in [2.24, 2.45) is 0 Å². The second-order valence-corrected chi connectivity index (χ2v) is 7.47. The van der Waals surface area contributed by atoms with Gasteiger partial charge in [-0.15, -0.1) is 0 Å². The summed E-state index contributed by atoms with van der Waals surface area (Å²) in [5.41, 5.74) is 2.34. The minimum atomic E-state index is -2.06. The fraction of sp³-hybridized carbons (Fsp3) is 0.0909. The van der Waals surface area contributed by atoms with Crippen LogP contribution in [0, 0.1) is 5.82 Å². The van der Waals surface area contributed by atoms with Gasteiger partial charge in [-0.3, -0.25) is 9.35 Å². The van der Waals surface area contributed by atoms with Gasteiger partial charge in [-0.05, 0) is 42.3 Å². The van der Waals surface area contributed by atoms with E-state index in [0.717, 1.165) is 11.1 Å². The number of nitrogens with one attached hydrogen (secondary N) is 1. The second-order valence-electron chi connectivity index (χ2n) is 6.68. The van der Waals surface area contributed by atoms with Crippen LogP contribution >= 0.6 is 0 Å². The number of hydrogen-bond acceptors (Lipinski definition) is 3. The van der Waals surface area contributed by atoms with Gasteiger partial charge in [-0.2, -0.15) is 9.78 Å². The highest BCUT2D eigenvalue weighted by Crippen LogP contribution is 2.26. The molecule has 0 spiro atoms. The molecule has 3 aromatic carbocycles. The Labute approximate surface area is 174 Å². The Kier molecular flexibility index (Phi) is 5.80. The molecule has 0 aliphatic rings. The van der Waals surface area contributed by atoms with Gasteiger partial charge in [-0.25, -0.2) is 13.3 Å². The highest BCUT2D eigenvalue weighted by molar-refractivity contribution is 7.77. The highest BCUT2D eigenvalue weighted by atomic mass is 32.2. The van der Waals surface area contributed by atoms with Crippen molar-refractivity contribution in [1.82, 2.24) is 14.5 Å². The first-order chi connectivity index (χ1) is 14.5. The first-order valence-electron chi connectivity index (χ1n) is 9.24. The van der Waals surface area contributed by atoms with E-state index in [2.05, 4.69) is 9.82 Å². The van der Waals surface area contributed by atoms with Crippen LogP contribution in [0.4, 0.5) is 4.39 Å². The monoisotopic (exact) mass is 423 g/mol. The molecule has 0 bridgehead atoms. The van der Waals surface area contributed by atoms with Crippen molar-refractivity contribution in [3.8, 4) is 16.9 Å². The SMILES string of the molecule is O=c1c2ccccc2c(-c2cccc(CCNS(=O)O)c2)nn1-c1cccc(F)c1. The summed E-state index contributed by atoms with van der Waals surface area (Å²) in [7, 11) is 0. The van der Waals surface area contributed by atoms with Crippen LogP contribution in [0.25, 0.3) is 27.7 Å². The summed E-state index contributed by atoms with van der Waals surface area (Å²) < 4.78 is 37.1. The van der Waals surface area contributed by atoms with Gasteiger partial charge in [0.15, 0.2) is 0 Å². The molecule has 1 aromatic heterocycles. The molecule has 30 heavy (non-hydrogen) atoms. The van der Waals surface area contributed by atoms with E-state index in [4.69, 9.17) is 4.55 Å². The lowest BCUT2D eigenvalue weighted by Crippen LogP contribution is -2.22. The smallest absolute Gasteiger partial charge is 0.279 e. The molecule has 0 fully saturated rings. The number of halogens is 1. The molecular formula is C22H18FN3O3S. The minimum Gasteiger partial charge on any atom is -0.294 e. The lowest BCUT2D eigenvalue weighted by atomic mass is 10.0. The summed E-state index contributed by atoms with van der Waals surface area (Å²) in [5, 5.41) is 5.74. The third kappa shape index (κ3) is 4.20. The van der Waals surface area contributed by atoms with E-state index in [1.165, 1.54) is 22.9 Å². The van der Waals surface area contributed by atoms with Crippen LogP contribution < -0.4 is 10.3 Å². The van der Waals surface area contributed by atoms with Gasteiger partial charge in [0.05, 0.1) is 16.8 Å². The average molecular weight is 423 g/mol. The number of aromatic nitrogens is 2. The first kappa shape index (κ1) is 20.1. The van der Waals surface area contributed by atoms with Crippen LogP contribution in [0.15, 0.2) is 77.6 Å². The van der Waals surface area contributed by atoms with Crippen LogP contribution in [-0.4, -0.2) is 25.1 Å². The van der Waals surface area contributed by atoms with Crippen LogP contribution in [0.3, 0.4) is 0 Å². The Morgan fingerprint density at radius 2 is 1.77 bits per heavy atom. The molecule has 0 amide bonds. The third-order valence-electron chi connectivity index (χ3n) is 4.70. The molecule has 4 aromatic rings. The van der Waals surface area contributed by atoms with Crippen molar-refractivity contribution in [2.45, 2.75) is 6.42 Å². The molecule has 0 aliphatic carbocycles. The number of fused-ring (bicyclic) bond motifs is 1. The molecule has 0 aliphatic heterocycles. The van der Waals surface area contributed by atoms with Crippen LogP contribution in [0.2, 0.25) is 0 Å². The summed E-state index contributed by atoms with van der Waals surface area (Å²) >= 11 is -2.06. The molecule has 0 saturated heterocycles. The van der Waals surface area contributed by atoms with Crippen LogP contribution in [0.1, 0.15) is 5.56 Å². The third-order valence-corrected chi connectivity index (χ3v) is 5.15. The number of nitrogens with zero attached hydrogens (tertiary/aromatic N) is 2. The van der Waals surface area contributed by atoms with Gasteiger partial charge in [0.1, 0.15) is 5.82 Å². The van der Waals surface area contributed by atoms with Gasteiger partial charge >= 0.3 is 0 Å². The van der Waals surface area contributed by atoms with Crippen molar-refractivity contribution in [1.29, 1.82) is 0 Å². The number of rotatable bonds is 6. The van der Waals surface area contributed by atoms with Crippen molar-refractivity contribution in [3.63, 3.8) is 0 Å². The predicted molar refractivity (Wildman–Crippen MR) is 115 cm³/mol. The van der Waals surface area contributed by atoms with E-state index in [9.17, 15) is 13.4 Å². The zero-order valence-electron chi connectivity index (χ0n) is 15.8. The van der Waals surface area contributed by atoms with Gasteiger partial charge in [0.25, 0.3) is 5.56 Å². The molecule has 1 atom stereocenters. The Balaban J connectivity index is 1.86. The van der Waals surface area contributed by atoms with Crippen molar-refractivity contribution in [3.05, 3.63) is 94.5 Å². The lowest BCUT2D eigenvalue weighted by Gasteiger charge is -2.12. The molecule has 152 valence electrons. The van der Waals surface area contributed by atoms with Crippen molar-refractivity contribution < 1.29 is 13.2 Å². The van der Waals surface area contributed by atoms with Crippen molar-refractivity contribution in [2.75, 3.05) is 6.54 Å². The maximum atomic E-state index is 13.8. The summed E-state index contributed by atoms with van der Waals surface area (Å²) in [6.45, 7) is 0.337. The fourth-order valence-electron chi connectivity index (χ4n) is 3.34. The molecule has 1 heterocycles. The molecule has 8 heteroatoms. The maximum Gasteiger partial charge on any atom is 0.279 e.